The van der Waals surface area contributed by atoms with Crippen LogP contribution in [0.4, 0.5) is 31.1 Å². The first-order valence-electron chi connectivity index (χ1n) is 10.5. The van der Waals surface area contributed by atoms with Crippen molar-refractivity contribution in [2.75, 3.05) is 24.3 Å². The fourth-order valence-corrected chi connectivity index (χ4v) is 4.94. The highest BCUT2D eigenvalue weighted by molar-refractivity contribution is 7.98. The number of nitrogens with zero attached hydrogens (tertiary/aromatic N) is 5. The number of hydrogen-bond acceptors (Lipinski definition) is 10. The number of thioether (sulfide) groups is 1. The Labute approximate surface area is 218 Å². The van der Waals surface area contributed by atoms with Crippen molar-refractivity contribution in [2.24, 2.45) is 0 Å². The molecule has 0 spiro atoms. The largest absolute Gasteiger partial charge is 0.475 e. The summed E-state index contributed by atoms with van der Waals surface area (Å²) in [6, 6.07) is 9.14. The van der Waals surface area contributed by atoms with Gasteiger partial charge in [0, 0.05) is 29.0 Å². The molecule has 3 heterocycles. The maximum absolute atomic E-state index is 13.9. The number of anilines is 3. The van der Waals surface area contributed by atoms with Gasteiger partial charge in [0.15, 0.2) is 16.8 Å². The van der Waals surface area contributed by atoms with Gasteiger partial charge in [0.1, 0.15) is 23.5 Å². The normalized spacial score (nSPS) is 10.5. The van der Waals surface area contributed by atoms with Crippen molar-refractivity contribution in [3.8, 4) is 23.1 Å². The van der Waals surface area contributed by atoms with E-state index < -0.39 is 11.6 Å². The van der Waals surface area contributed by atoms with Crippen LogP contribution in [0.2, 0.25) is 0 Å². The molecule has 4 N–H and O–H groups in total. The van der Waals surface area contributed by atoms with Gasteiger partial charge in [0.2, 0.25) is 11.6 Å². The van der Waals surface area contributed by atoms with Gasteiger partial charge in [0.05, 0.1) is 30.1 Å². The monoisotopic (exact) mass is 537 g/mol. The molecule has 0 radical (unpaired) electrons. The molecular formula is C24H17F2N7O2S2. The van der Waals surface area contributed by atoms with E-state index in [1.54, 1.807) is 17.5 Å². The molecule has 0 aliphatic heterocycles. The summed E-state index contributed by atoms with van der Waals surface area (Å²) in [5, 5.41) is 24.0. The molecular weight excluding hydrogens is 520 g/mol. The zero-order chi connectivity index (χ0) is 26.4. The number of aliphatic hydroxyl groups is 1. The summed E-state index contributed by atoms with van der Waals surface area (Å²) in [7, 11) is 0. The zero-order valence-electron chi connectivity index (χ0n) is 18.9. The van der Waals surface area contributed by atoms with E-state index in [0.717, 1.165) is 6.07 Å². The quantitative estimate of drug-likeness (QED) is 0.192. The van der Waals surface area contributed by atoms with Crippen molar-refractivity contribution in [3.63, 3.8) is 0 Å². The summed E-state index contributed by atoms with van der Waals surface area (Å²) in [6.07, 6.45) is 1.45. The number of aliphatic hydroxyl groups excluding tert-OH is 1. The standard InChI is InChI=1S/C24H17F2N7O2S2/c1-29-21-19(13-5-6-18(30-10-13)35-8-7-34)15(9-27)23(33-22(21)28)36-11-14-12-37-24(31-14)32-17-4-2-3-16(25)20(17)26/h2-6,10,12,34H,7-8,11H2,(H2,28,33)(H,31,32). The number of nitrogen functional groups attached to an aromatic ring is 1. The van der Waals surface area contributed by atoms with Crippen molar-refractivity contribution in [3.05, 3.63) is 76.2 Å². The number of pyridine rings is 2. The van der Waals surface area contributed by atoms with Crippen molar-refractivity contribution in [2.45, 2.75) is 10.8 Å². The number of nitrogens with two attached hydrogens (primary N) is 1. The van der Waals surface area contributed by atoms with E-state index in [9.17, 15) is 14.0 Å². The second kappa shape index (κ2) is 11.6. The molecule has 0 saturated carbocycles. The van der Waals surface area contributed by atoms with Gasteiger partial charge in [-0.1, -0.05) is 17.8 Å². The number of ether oxygens (including phenoxy) is 1. The highest BCUT2D eigenvalue weighted by Gasteiger charge is 2.21. The summed E-state index contributed by atoms with van der Waals surface area (Å²) >= 11 is 2.41. The minimum atomic E-state index is -0.998. The molecule has 0 amide bonds. The summed E-state index contributed by atoms with van der Waals surface area (Å²) in [5.74, 6) is -1.42. The van der Waals surface area contributed by atoms with Crippen LogP contribution >= 0.6 is 23.1 Å². The molecule has 3 aromatic heterocycles. The SMILES string of the molecule is [C-]#[N+]c1c(N)nc(SCc2csc(Nc3cccc(F)c3F)n2)c(C#N)c1-c1ccc(OCCO)nc1. The Kier molecular flexibility index (Phi) is 8.10. The first kappa shape index (κ1) is 25.8. The molecule has 4 aromatic rings. The molecule has 0 unspecified atom stereocenters. The van der Waals surface area contributed by atoms with Crippen molar-refractivity contribution in [1.82, 2.24) is 15.0 Å². The van der Waals surface area contributed by atoms with Crippen LogP contribution in [0.5, 0.6) is 5.88 Å². The predicted octanol–water partition coefficient (Wildman–Crippen LogP) is 5.29. The average molecular weight is 538 g/mol. The van der Waals surface area contributed by atoms with E-state index in [1.807, 2.05) is 0 Å². The average Bonchev–Trinajstić information content (AvgIpc) is 3.36. The minimum Gasteiger partial charge on any atom is -0.475 e. The number of halogens is 2. The highest BCUT2D eigenvalue weighted by atomic mass is 32.2. The molecule has 4 rings (SSSR count). The Hall–Kier alpha value is -4.30. The van der Waals surface area contributed by atoms with Gasteiger partial charge >= 0.3 is 0 Å². The number of hydrogen-bond donors (Lipinski definition) is 3. The van der Waals surface area contributed by atoms with E-state index in [0.29, 0.717) is 32.7 Å². The molecule has 0 bridgehead atoms. The molecule has 0 fully saturated rings. The van der Waals surface area contributed by atoms with Crippen LogP contribution in [-0.2, 0) is 5.75 Å². The van der Waals surface area contributed by atoms with Crippen LogP contribution < -0.4 is 15.8 Å². The van der Waals surface area contributed by atoms with Gasteiger partial charge in [-0.3, -0.25) is 0 Å². The molecule has 0 atom stereocenters. The van der Waals surface area contributed by atoms with Crippen LogP contribution in [0.25, 0.3) is 16.0 Å². The van der Waals surface area contributed by atoms with Gasteiger partial charge < -0.3 is 20.9 Å². The van der Waals surface area contributed by atoms with Gasteiger partial charge in [-0.15, -0.1) is 11.3 Å². The molecule has 1 aromatic carbocycles. The molecule has 37 heavy (non-hydrogen) atoms. The van der Waals surface area contributed by atoms with Gasteiger partial charge in [-0.25, -0.2) is 28.6 Å². The third-order valence-corrected chi connectivity index (χ3v) is 6.67. The molecule has 186 valence electrons. The number of nitriles is 1. The van der Waals surface area contributed by atoms with Gasteiger partial charge in [-0.2, -0.15) is 5.26 Å². The van der Waals surface area contributed by atoms with Crippen molar-refractivity contribution in [1.29, 1.82) is 5.26 Å². The summed E-state index contributed by atoms with van der Waals surface area (Å²) in [5.41, 5.74) is 7.62. The Morgan fingerprint density at radius 2 is 2.11 bits per heavy atom. The Balaban J connectivity index is 1.58. The third-order valence-electron chi connectivity index (χ3n) is 4.86. The van der Waals surface area contributed by atoms with Gasteiger partial charge in [0.25, 0.3) is 0 Å². The number of rotatable bonds is 9. The van der Waals surface area contributed by atoms with Gasteiger partial charge in [-0.05, 0) is 23.8 Å². The van der Waals surface area contributed by atoms with Crippen LogP contribution in [0.15, 0.2) is 46.9 Å². The first-order valence-corrected chi connectivity index (χ1v) is 12.4. The minimum absolute atomic E-state index is 0.0315. The van der Waals surface area contributed by atoms with Crippen molar-refractivity contribution < 1.29 is 18.6 Å². The topological polar surface area (TPSA) is 134 Å². The molecule has 0 aliphatic carbocycles. The second-order valence-electron chi connectivity index (χ2n) is 7.24. The fraction of sp³-hybridized carbons (Fsp3) is 0.125. The number of nitrogens with one attached hydrogen (secondary N) is 1. The van der Waals surface area contributed by atoms with E-state index in [4.69, 9.17) is 22.1 Å². The van der Waals surface area contributed by atoms with Crippen LogP contribution in [0.3, 0.4) is 0 Å². The maximum Gasteiger partial charge on any atom is 0.237 e. The lowest BCUT2D eigenvalue weighted by Crippen LogP contribution is -2.03. The zero-order valence-corrected chi connectivity index (χ0v) is 20.5. The highest BCUT2D eigenvalue weighted by Crippen LogP contribution is 2.42. The predicted molar refractivity (Wildman–Crippen MR) is 137 cm³/mol. The van der Waals surface area contributed by atoms with E-state index in [2.05, 4.69) is 31.2 Å². The summed E-state index contributed by atoms with van der Waals surface area (Å²) < 4.78 is 32.7. The smallest absolute Gasteiger partial charge is 0.237 e. The lowest BCUT2D eigenvalue weighted by atomic mass is 10.0. The second-order valence-corrected chi connectivity index (χ2v) is 9.06. The van der Waals surface area contributed by atoms with Crippen LogP contribution in [0, 0.1) is 29.5 Å². The number of thiazole rings is 1. The summed E-state index contributed by atoms with van der Waals surface area (Å²) in [4.78, 5) is 16.3. The third kappa shape index (κ3) is 5.76. The Morgan fingerprint density at radius 3 is 2.81 bits per heavy atom. The molecule has 0 aliphatic rings. The number of benzene rings is 1. The lowest BCUT2D eigenvalue weighted by molar-refractivity contribution is 0.196. The van der Waals surface area contributed by atoms with E-state index in [1.165, 1.54) is 41.4 Å². The van der Waals surface area contributed by atoms with Crippen LogP contribution in [0.1, 0.15) is 11.3 Å². The number of aromatic nitrogens is 3. The molecule has 0 saturated heterocycles. The maximum atomic E-state index is 13.9. The molecule has 9 nitrogen and oxygen atoms in total. The lowest BCUT2D eigenvalue weighted by Gasteiger charge is -2.13. The van der Waals surface area contributed by atoms with E-state index >= 15 is 0 Å². The molecule has 13 heteroatoms. The Morgan fingerprint density at radius 1 is 1.27 bits per heavy atom. The first-order chi connectivity index (χ1) is 17.9. The van der Waals surface area contributed by atoms with Crippen molar-refractivity contribution >= 4 is 45.4 Å². The van der Waals surface area contributed by atoms with Crippen LogP contribution in [-0.4, -0.2) is 33.3 Å². The Bertz CT molecular complexity index is 1520. The fourth-order valence-electron chi connectivity index (χ4n) is 3.23. The summed E-state index contributed by atoms with van der Waals surface area (Å²) in [6.45, 7) is 7.48. The van der Waals surface area contributed by atoms with E-state index in [-0.39, 0.29) is 41.8 Å².